The normalized spacial score (nSPS) is 13.7. The van der Waals surface area contributed by atoms with Crippen molar-refractivity contribution in [1.29, 1.82) is 0 Å². The highest BCUT2D eigenvalue weighted by atomic mass is 16.2. The molecule has 1 amide bonds. The van der Waals surface area contributed by atoms with E-state index < -0.39 is 11.7 Å². The first-order valence-corrected chi connectivity index (χ1v) is 7.15. The summed E-state index contributed by atoms with van der Waals surface area (Å²) in [6.07, 6.45) is 0.854. The van der Waals surface area contributed by atoms with Crippen LogP contribution in [0.2, 0.25) is 0 Å². The Hall–Kier alpha value is -2.42. The fourth-order valence-corrected chi connectivity index (χ4v) is 2.72. The first-order chi connectivity index (χ1) is 10.1. The highest BCUT2D eigenvalue weighted by Crippen LogP contribution is 2.31. The second kappa shape index (κ2) is 5.17. The fourth-order valence-electron chi connectivity index (χ4n) is 2.72. The smallest absolute Gasteiger partial charge is 0.299 e. The van der Waals surface area contributed by atoms with Crippen LogP contribution in [0.5, 0.6) is 0 Å². The predicted molar refractivity (Wildman–Crippen MR) is 82.5 cm³/mol. The number of carbonyl (C=O) groups is 2. The molecule has 0 bridgehead atoms. The van der Waals surface area contributed by atoms with E-state index in [9.17, 15) is 9.59 Å². The van der Waals surface area contributed by atoms with Crippen LogP contribution < -0.4 is 4.90 Å². The summed E-state index contributed by atoms with van der Waals surface area (Å²) in [6, 6.07) is 13.7. The second-order valence-corrected chi connectivity index (χ2v) is 5.41. The van der Waals surface area contributed by atoms with Crippen molar-refractivity contribution in [2.45, 2.75) is 26.8 Å². The van der Waals surface area contributed by atoms with E-state index in [1.165, 1.54) is 0 Å². The minimum absolute atomic E-state index is 0.395. The van der Waals surface area contributed by atoms with E-state index in [0.717, 1.165) is 28.8 Å². The molecule has 3 heteroatoms. The van der Waals surface area contributed by atoms with Crippen LogP contribution in [0.1, 0.15) is 34.0 Å². The lowest BCUT2D eigenvalue weighted by Crippen LogP contribution is -2.29. The molecular weight excluding hydrogens is 262 g/mol. The molecule has 0 fully saturated rings. The third kappa shape index (κ3) is 2.35. The third-order valence-electron chi connectivity index (χ3n) is 3.87. The number of amides is 1. The zero-order valence-corrected chi connectivity index (χ0v) is 12.2. The maximum Gasteiger partial charge on any atom is 0.299 e. The molecule has 3 nitrogen and oxygen atoms in total. The largest absolute Gasteiger partial charge is 0.300 e. The van der Waals surface area contributed by atoms with Crippen LogP contribution in [-0.2, 0) is 17.8 Å². The maximum absolute atomic E-state index is 12.2. The maximum atomic E-state index is 12.2. The number of rotatable bonds is 3. The van der Waals surface area contributed by atoms with Gasteiger partial charge >= 0.3 is 0 Å². The number of carbonyl (C=O) groups excluding carboxylic acids is 2. The highest BCUT2D eigenvalue weighted by molar-refractivity contribution is 6.52. The number of benzene rings is 2. The van der Waals surface area contributed by atoms with Crippen molar-refractivity contribution in [3.8, 4) is 0 Å². The number of aryl methyl sites for hydroxylation is 2. The van der Waals surface area contributed by atoms with Crippen molar-refractivity contribution in [2.75, 3.05) is 4.90 Å². The van der Waals surface area contributed by atoms with Crippen LogP contribution in [0.3, 0.4) is 0 Å². The standard InChI is InChI=1S/C18H17NO2/c1-3-13-7-8-16-15(10-13)17(20)18(21)19(16)11-14-6-4-5-12(2)9-14/h4-10H,3,11H2,1-2H3. The van der Waals surface area contributed by atoms with Gasteiger partial charge in [0.1, 0.15) is 0 Å². The van der Waals surface area contributed by atoms with Gasteiger partial charge in [0, 0.05) is 0 Å². The molecule has 0 atom stereocenters. The molecule has 3 rings (SSSR count). The van der Waals surface area contributed by atoms with E-state index in [1.807, 2.05) is 56.3 Å². The first-order valence-electron chi connectivity index (χ1n) is 7.15. The molecule has 0 aliphatic carbocycles. The lowest BCUT2D eigenvalue weighted by atomic mass is 10.1. The molecule has 0 aromatic heterocycles. The molecule has 0 unspecified atom stereocenters. The number of ketones is 1. The zero-order chi connectivity index (χ0) is 15.0. The average Bonchev–Trinajstić information content (AvgIpc) is 2.72. The first kappa shape index (κ1) is 13.6. The highest BCUT2D eigenvalue weighted by Gasteiger charge is 2.35. The van der Waals surface area contributed by atoms with Crippen LogP contribution in [0.15, 0.2) is 42.5 Å². The summed E-state index contributed by atoms with van der Waals surface area (Å²) >= 11 is 0. The second-order valence-electron chi connectivity index (χ2n) is 5.41. The SMILES string of the molecule is CCc1ccc2c(c1)C(=O)C(=O)N2Cc1cccc(C)c1. The van der Waals surface area contributed by atoms with E-state index >= 15 is 0 Å². The number of anilines is 1. The van der Waals surface area contributed by atoms with Gasteiger partial charge in [0.2, 0.25) is 0 Å². The van der Waals surface area contributed by atoms with Crippen molar-refractivity contribution in [3.05, 3.63) is 64.7 Å². The summed E-state index contributed by atoms with van der Waals surface area (Å²) < 4.78 is 0. The van der Waals surface area contributed by atoms with Crippen molar-refractivity contribution in [1.82, 2.24) is 0 Å². The summed E-state index contributed by atoms with van der Waals surface area (Å²) in [5, 5.41) is 0. The van der Waals surface area contributed by atoms with Gasteiger partial charge in [-0.15, -0.1) is 0 Å². The van der Waals surface area contributed by atoms with E-state index in [1.54, 1.807) is 4.90 Å². The summed E-state index contributed by atoms with van der Waals surface area (Å²) in [5.41, 5.74) is 4.51. The number of fused-ring (bicyclic) bond motifs is 1. The van der Waals surface area contributed by atoms with E-state index in [4.69, 9.17) is 0 Å². The Bertz CT molecular complexity index is 734. The number of hydrogen-bond acceptors (Lipinski definition) is 2. The Morgan fingerprint density at radius 3 is 2.52 bits per heavy atom. The van der Waals surface area contributed by atoms with Crippen LogP contribution in [-0.4, -0.2) is 11.7 Å². The molecule has 1 aliphatic rings. The molecule has 1 aliphatic heterocycles. The van der Waals surface area contributed by atoms with E-state index in [2.05, 4.69) is 0 Å². The average molecular weight is 279 g/mol. The van der Waals surface area contributed by atoms with Gasteiger partial charge < -0.3 is 4.90 Å². The molecule has 0 spiro atoms. The lowest BCUT2D eigenvalue weighted by molar-refractivity contribution is -0.114. The van der Waals surface area contributed by atoms with Crippen molar-refractivity contribution in [2.24, 2.45) is 0 Å². The monoisotopic (exact) mass is 279 g/mol. The molecule has 2 aromatic rings. The van der Waals surface area contributed by atoms with Gasteiger partial charge in [0.15, 0.2) is 0 Å². The van der Waals surface area contributed by atoms with E-state index in [-0.39, 0.29) is 0 Å². The number of nitrogens with zero attached hydrogens (tertiary/aromatic N) is 1. The van der Waals surface area contributed by atoms with Gasteiger partial charge in [0.05, 0.1) is 17.8 Å². The van der Waals surface area contributed by atoms with E-state index in [0.29, 0.717) is 12.1 Å². The molecule has 1 heterocycles. The molecule has 0 radical (unpaired) electrons. The topological polar surface area (TPSA) is 37.4 Å². The Kier molecular flexibility index (Phi) is 3.34. The molecule has 2 aromatic carbocycles. The zero-order valence-electron chi connectivity index (χ0n) is 12.2. The molecule has 0 N–H and O–H groups in total. The third-order valence-corrected chi connectivity index (χ3v) is 3.87. The van der Waals surface area contributed by atoms with Gasteiger partial charge in [-0.05, 0) is 36.6 Å². The molecule has 106 valence electrons. The molecule has 0 saturated heterocycles. The Morgan fingerprint density at radius 2 is 1.81 bits per heavy atom. The Balaban J connectivity index is 1.98. The van der Waals surface area contributed by atoms with Crippen LogP contribution in [0.25, 0.3) is 0 Å². The van der Waals surface area contributed by atoms with Crippen LogP contribution in [0.4, 0.5) is 5.69 Å². The minimum Gasteiger partial charge on any atom is -0.300 e. The van der Waals surface area contributed by atoms with Crippen LogP contribution >= 0.6 is 0 Å². The van der Waals surface area contributed by atoms with Gasteiger partial charge in [-0.25, -0.2) is 0 Å². The summed E-state index contributed by atoms with van der Waals surface area (Å²) in [7, 11) is 0. The summed E-state index contributed by atoms with van der Waals surface area (Å²) in [5.74, 6) is -0.826. The van der Waals surface area contributed by atoms with Crippen LogP contribution in [0, 0.1) is 6.92 Å². The number of hydrogen-bond donors (Lipinski definition) is 0. The Morgan fingerprint density at radius 1 is 1.00 bits per heavy atom. The number of Topliss-reactive ketones (excluding diaryl/α,β-unsaturated/α-hetero) is 1. The summed E-state index contributed by atoms with van der Waals surface area (Å²) in [4.78, 5) is 25.9. The molecule has 0 saturated carbocycles. The van der Waals surface area contributed by atoms with Gasteiger partial charge in [-0.1, -0.05) is 42.8 Å². The van der Waals surface area contributed by atoms with Crippen molar-refractivity contribution in [3.63, 3.8) is 0 Å². The van der Waals surface area contributed by atoms with Gasteiger partial charge in [-0.2, -0.15) is 0 Å². The molecular formula is C18H17NO2. The fraction of sp³-hybridized carbons (Fsp3) is 0.222. The van der Waals surface area contributed by atoms with Crippen molar-refractivity contribution < 1.29 is 9.59 Å². The predicted octanol–water partition coefficient (Wildman–Crippen LogP) is 3.29. The lowest BCUT2D eigenvalue weighted by Gasteiger charge is -2.17. The summed E-state index contributed by atoms with van der Waals surface area (Å²) in [6.45, 7) is 4.49. The Labute approximate surface area is 124 Å². The van der Waals surface area contributed by atoms with Crippen molar-refractivity contribution >= 4 is 17.4 Å². The minimum atomic E-state index is -0.431. The van der Waals surface area contributed by atoms with Gasteiger partial charge in [0.25, 0.3) is 11.7 Å². The quantitative estimate of drug-likeness (QED) is 0.808. The van der Waals surface area contributed by atoms with Gasteiger partial charge in [-0.3, -0.25) is 9.59 Å². The molecule has 21 heavy (non-hydrogen) atoms.